The molecule has 4 aromatic rings. The number of carbonyl (C=O) groups is 1. The molecule has 1 amide bonds. The lowest BCUT2D eigenvalue weighted by Crippen LogP contribution is -2.45. The van der Waals surface area contributed by atoms with E-state index in [9.17, 15) is 23.1 Å². The van der Waals surface area contributed by atoms with Crippen molar-refractivity contribution in [2.45, 2.75) is 31.9 Å². The van der Waals surface area contributed by atoms with Crippen LogP contribution in [-0.2, 0) is 11.4 Å². The fraction of sp³-hybridized carbons (Fsp3) is 0.200. The molecule has 0 saturated carbocycles. The largest absolute Gasteiger partial charge is 0.484 e. The van der Waals surface area contributed by atoms with Gasteiger partial charge in [0.15, 0.2) is 0 Å². The summed E-state index contributed by atoms with van der Waals surface area (Å²) in [5.41, 5.74) is 3.03. The van der Waals surface area contributed by atoms with Gasteiger partial charge < -0.3 is 15.2 Å². The van der Waals surface area contributed by atoms with Gasteiger partial charge in [0.25, 0.3) is 0 Å². The van der Waals surface area contributed by atoms with Gasteiger partial charge >= 0.3 is 12.1 Å². The van der Waals surface area contributed by atoms with Crippen LogP contribution in [0.4, 0.5) is 13.2 Å². The van der Waals surface area contributed by atoms with Gasteiger partial charge in [0.1, 0.15) is 11.9 Å². The molecule has 4 rings (SSSR count). The van der Waals surface area contributed by atoms with E-state index in [1.807, 2.05) is 17.4 Å². The molecule has 2 unspecified atom stereocenters. The van der Waals surface area contributed by atoms with E-state index in [-0.39, 0.29) is 6.61 Å². The Morgan fingerprint density at radius 3 is 2.44 bits per heavy atom. The van der Waals surface area contributed by atoms with Crippen molar-refractivity contribution in [3.8, 4) is 11.4 Å². The molecular formula is C25H22F3N3O3. The van der Waals surface area contributed by atoms with Crippen LogP contribution in [0.3, 0.4) is 0 Å². The second kappa shape index (κ2) is 9.56. The summed E-state index contributed by atoms with van der Waals surface area (Å²) < 4.78 is 46.2. The SMILES string of the molecule is CC(NC(=O)C(F)(F)F)C(Oc1ccc2c(cnn2-c2ccc(CO)cc2)c1)c1ccccc1. The molecule has 1 heterocycles. The second-order valence-electron chi connectivity index (χ2n) is 7.81. The number of carbonyl (C=O) groups excluding carboxylic acids is 1. The van der Waals surface area contributed by atoms with E-state index < -0.39 is 24.2 Å². The van der Waals surface area contributed by atoms with Crippen LogP contribution in [0.2, 0.25) is 0 Å². The van der Waals surface area contributed by atoms with Gasteiger partial charge in [-0.1, -0.05) is 42.5 Å². The number of benzene rings is 3. The number of ether oxygens (including phenoxy) is 1. The lowest BCUT2D eigenvalue weighted by Gasteiger charge is -2.27. The third-order valence-corrected chi connectivity index (χ3v) is 5.36. The molecule has 2 atom stereocenters. The van der Waals surface area contributed by atoms with E-state index >= 15 is 0 Å². The highest BCUT2D eigenvalue weighted by Crippen LogP contribution is 2.29. The molecule has 1 aromatic heterocycles. The molecule has 0 spiro atoms. The number of hydrogen-bond acceptors (Lipinski definition) is 4. The van der Waals surface area contributed by atoms with Crippen molar-refractivity contribution in [2.75, 3.05) is 0 Å². The third kappa shape index (κ3) is 5.04. The molecule has 0 aliphatic rings. The Kier molecular flexibility index (Phi) is 6.56. The zero-order valence-corrected chi connectivity index (χ0v) is 18.2. The molecule has 0 radical (unpaired) electrons. The first kappa shape index (κ1) is 23.3. The number of halogens is 3. The summed E-state index contributed by atoms with van der Waals surface area (Å²) in [6, 6.07) is 20.3. The molecule has 34 heavy (non-hydrogen) atoms. The normalized spacial score (nSPS) is 13.4. The molecule has 0 aliphatic carbocycles. The molecular weight excluding hydrogens is 447 g/mol. The van der Waals surface area contributed by atoms with E-state index in [2.05, 4.69) is 5.10 Å². The van der Waals surface area contributed by atoms with E-state index in [0.29, 0.717) is 11.3 Å². The Bertz CT molecular complexity index is 1270. The van der Waals surface area contributed by atoms with Crippen LogP contribution in [0.1, 0.15) is 24.2 Å². The number of fused-ring (bicyclic) bond motifs is 1. The minimum absolute atomic E-state index is 0.0503. The van der Waals surface area contributed by atoms with Gasteiger partial charge in [0.2, 0.25) is 0 Å². The number of hydrogen-bond donors (Lipinski definition) is 2. The molecule has 176 valence electrons. The van der Waals surface area contributed by atoms with Crippen LogP contribution in [0, 0.1) is 0 Å². The number of aliphatic hydroxyl groups excluding tert-OH is 1. The van der Waals surface area contributed by atoms with Crippen molar-refractivity contribution in [3.05, 3.63) is 90.1 Å². The summed E-state index contributed by atoms with van der Waals surface area (Å²) in [4.78, 5) is 11.5. The van der Waals surface area contributed by atoms with Gasteiger partial charge in [-0.25, -0.2) is 4.68 Å². The highest BCUT2D eigenvalue weighted by Gasteiger charge is 2.40. The summed E-state index contributed by atoms with van der Waals surface area (Å²) in [6.45, 7) is 1.42. The molecule has 0 bridgehead atoms. The number of amides is 1. The van der Waals surface area contributed by atoms with Gasteiger partial charge in [-0.2, -0.15) is 18.3 Å². The summed E-state index contributed by atoms with van der Waals surface area (Å²) >= 11 is 0. The molecule has 2 N–H and O–H groups in total. The molecule has 9 heteroatoms. The van der Waals surface area contributed by atoms with E-state index in [1.54, 1.807) is 71.5 Å². The van der Waals surface area contributed by atoms with Gasteiger partial charge in [-0.05, 0) is 48.4 Å². The van der Waals surface area contributed by atoms with Crippen LogP contribution >= 0.6 is 0 Å². The van der Waals surface area contributed by atoms with Crippen LogP contribution in [0.15, 0.2) is 79.0 Å². The first-order valence-corrected chi connectivity index (χ1v) is 10.5. The number of aromatic nitrogens is 2. The molecule has 6 nitrogen and oxygen atoms in total. The topological polar surface area (TPSA) is 76.4 Å². The Morgan fingerprint density at radius 1 is 1.09 bits per heavy atom. The zero-order chi connectivity index (χ0) is 24.3. The van der Waals surface area contributed by atoms with Gasteiger partial charge in [-0.3, -0.25) is 4.79 Å². The quantitative estimate of drug-likeness (QED) is 0.411. The first-order valence-electron chi connectivity index (χ1n) is 10.5. The van der Waals surface area contributed by atoms with Crippen molar-refractivity contribution in [1.29, 1.82) is 0 Å². The molecule has 0 fully saturated rings. The lowest BCUT2D eigenvalue weighted by atomic mass is 10.0. The number of alkyl halides is 3. The average molecular weight is 469 g/mol. The van der Waals surface area contributed by atoms with Crippen LogP contribution in [0.5, 0.6) is 5.75 Å². The Hall–Kier alpha value is -3.85. The predicted octanol–water partition coefficient (Wildman–Crippen LogP) is 4.70. The number of rotatable bonds is 7. The smallest absolute Gasteiger partial charge is 0.471 e. The predicted molar refractivity (Wildman–Crippen MR) is 120 cm³/mol. The zero-order valence-electron chi connectivity index (χ0n) is 18.2. The first-order chi connectivity index (χ1) is 16.3. The van der Waals surface area contributed by atoms with E-state index in [0.717, 1.165) is 22.2 Å². The van der Waals surface area contributed by atoms with Gasteiger partial charge in [0, 0.05) is 5.39 Å². The monoisotopic (exact) mass is 469 g/mol. The van der Waals surface area contributed by atoms with Crippen LogP contribution < -0.4 is 10.1 Å². The maximum atomic E-state index is 12.8. The number of nitrogens with zero attached hydrogens (tertiary/aromatic N) is 2. The molecule has 0 aliphatic heterocycles. The maximum Gasteiger partial charge on any atom is 0.471 e. The molecule has 0 saturated heterocycles. The van der Waals surface area contributed by atoms with Crippen LogP contribution in [0.25, 0.3) is 16.6 Å². The van der Waals surface area contributed by atoms with Crippen molar-refractivity contribution >= 4 is 16.8 Å². The summed E-state index contributed by atoms with van der Waals surface area (Å²) in [6.07, 6.45) is -4.18. The summed E-state index contributed by atoms with van der Waals surface area (Å²) in [5, 5.41) is 16.4. The Morgan fingerprint density at radius 2 is 1.79 bits per heavy atom. The average Bonchev–Trinajstić information content (AvgIpc) is 3.25. The van der Waals surface area contributed by atoms with Gasteiger partial charge in [-0.15, -0.1) is 0 Å². The lowest BCUT2D eigenvalue weighted by molar-refractivity contribution is -0.174. The Balaban J connectivity index is 1.61. The summed E-state index contributed by atoms with van der Waals surface area (Å²) in [7, 11) is 0. The van der Waals surface area contributed by atoms with Gasteiger partial charge in [0.05, 0.1) is 30.0 Å². The van der Waals surface area contributed by atoms with Crippen molar-refractivity contribution in [3.63, 3.8) is 0 Å². The highest BCUT2D eigenvalue weighted by molar-refractivity contribution is 5.82. The number of nitrogens with one attached hydrogen (secondary N) is 1. The van der Waals surface area contributed by atoms with Crippen molar-refractivity contribution < 1.29 is 27.8 Å². The van der Waals surface area contributed by atoms with Crippen LogP contribution in [-0.4, -0.2) is 33.0 Å². The second-order valence-corrected chi connectivity index (χ2v) is 7.81. The van der Waals surface area contributed by atoms with Crippen molar-refractivity contribution in [1.82, 2.24) is 15.1 Å². The molecule has 3 aromatic carbocycles. The van der Waals surface area contributed by atoms with E-state index in [4.69, 9.17) is 4.74 Å². The van der Waals surface area contributed by atoms with E-state index in [1.165, 1.54) is 6.92 Å². The number of aliphatic hydroxyl groups is 1. The third-order valence-electron chi connectivity index (χ3n) is 5.36. The minimum atomic E-state index is -4.99. The standard InChI is InChI=1S/C25H22F3N3O3/c1-16(30-24(33)25(26,27)28)23(18-5-3-2-4-6-18)34-21-11-12-22-19(13-21)14-29-31(22)20-9-7-17(15-32)8-10-20/h2-14,16,23,32H,15H2,1H3,(H,30,33). The highest BCUT2D eigenvalue weighted by atomic mass is 19.4. The minimum Gasteiger partial charge on any atom is -0.484 e. The fourth-order valence-electron chi connectivity index (χ4n) is 3.65. The van der Waals surface area contributed by atoms with Crippen molar-refractivity contribution in [2.24, 2.45) is 0 Å². The summed E-state index contributed by atoms with van der Waals surface area (Å²) in [5.74, 6) is -1.60. The maximum absolute atomic E-state index is 12.8. The Labute approximate surface area is 193 Å². The fourth-order valence-corrected chi connectivity index (χ4v) is 3.65.